The van der Waals surface area contributed by atoms with Crippen LogP contribution in [-0.2, 0) is 5.41 Å². The molecular weight excluding hydrogens is 226 g/mol. The Morgan fingerprint density at radius 3 is 2.53 bits per heavy atom. The molecule has 2 amide bonds. The van der Waals surface area contributed by atoms with Gasteiger partial charge in [-0.15, -0.1) is 0 Å². The van der Waals surface area contributed by atoms with Crippen LogP contribution in [0.15, 0.2) is 18.2 Å². The maximum atomic E-state index is 13.6. The third-order valence-electron chi connectivity index (χ3n) is 2.58. The van der Waals surface area contributed by atoms with Gasteiger partial charge < -0.3 is 10.6 Å². The van der Waals surface area contributed by atoms with Crippen LogP contribution in [0.5, 0.6) is 0 Å². The number of carbonyl (C=O) groups is 1. The zero-order valence-electron chi connectivity index (χ0n) is 10.1. The molecule has 0 bridgehead atoms. The quantitative estimate of drug-likeness (QED) is 0.838. The first-order chi connectivity index (χ1) is 7.86. The second-order valence-electron chi connectivity index (χ2n) is 4.44. The van der Waals surface area contributed by atoms with Crippen molar-refractivity contribution in [2.75, 3.05) is 13.6 Å². The SMILES string of the molecule is CNC(=O)NCC(C)(C)c1ccc(F)cc1F. The maximum absolute atomic E-state index is 13.6. The summed E-state index contributed by atoms with van der Waals surface area (Å²) in [6.07, 6.45) is 0. The summed E-state index contributed by atoms with van der Waals surface area (Å²) >= 11 is 0. The summed E-state index contributed by atoms with van der Waals surface area (Å²) in [4.78, 5) is 11.1. The summed E-state index contributed by atoms with van der Waals surface area (Å²) in [5.74, 6) is -1.21. The summed E-state index contributed by atoms with van der Waals surface area (Å²) in [7, 11) is 1.50. The van der Waals surface area contributed by atoms with Gasteiger partial charge in [0.2, 0.25) is 0 Å². The highest BCUT2D eigenvalue weighted by Gasteiger charge is 2.24. The first-order valence-corrected chi connectivity index (χ1v) is 5.28. The van der Waals surface area contributed by atoms with Crippen LogP contribution in [0, 0.1) is 11.6 Å². The second-order valence-corrected chi connectivity index (χ2v) is 4.44. The number of benzene rings is 1. The van der Waals surface area contributed by atoms with Crippen molar-refractivity contribution in [3.63, 3.8) is 0 Å². The highest BCUT2D eigenvalue weighted by molar-refractivity contribution is 5.73. The van der Waals surface area contributed by atoms with Crippen LogP contribution in [-0.4, -0.2) is 19.6 Å². The zero-order chi connectivity index (χ0) is 13.1. The van der Waals surface area contributed by atoms with Gasteiger partial charge in [-0.05, 0) is 11.6 Å². The molecule has 0 atom stereocenters. The Hall–Kier alpha value is -1.65. The minimum atomic E-state index is -0.610. The summed E-state index contributed by atoms with van der Waals surface area (Å²) in [5.41, 5.74) is -0.236. The van der Waals surface area contributed by atoms with Crippen LogP contribution in [0.3, 0.4) is 0 Å². The number of carbonyl (C=O) groups excluding carboxylic acids is 1. The molecule has 17 heavy (non-hydrogen) atoms. The van der Waals surface area contributed by atoms with Gasteiger partial charge in [-0.2, -0.15) is 0 Å². The molecule has 0 aliphatic carbocycles. The molecule has 0 aliphatic heterocycles. The maximum Gasteiger partial charge on any atom is 0.314 e. The standard InChI is InChI=1S/C12H16F2N2O/c1-12(2,7-16-11(17)15-3)9-5-4-8(13)6-10(9)14/h4-6H,7H2,1-3H3,(H2,15,16,17). The Morgan fingerprint density at radius 2 is 2.00 bits per heavy atom. The van der Waals surface area contributed by atoms with Crippen molar-refractivity contribution < 1.29 is 13.6 Å². The number of hydrogen-bond donors (Lipinski definition) is 2. The third-order valence-corrected chi connectivity index (χ3v) is 2.58. The monoisotopic (exact) mass is 242 g/mol. The first-order valence-electron chi connectivity index (χ1n) is 5.28. The molecule has 1 aromatic carbocycles. The predicted molar refractivity (Wildman–Crippen MR) is 61.8 cm³/mol. The third kappa shape index (κ3) is 3.41. The number of rotatable bonds is 3. The van der Waals surface area contributed by atoms with Crippen molar-refractivity contribution in [1.29, 1.82) is 0 Å². The first kappa shape index (κ1) is 13.4. The molecule has 0 unspecified atom stereocenters. The van der Waals surface area contributed by atoms with Crippen LogP contribution >= 0.6 is 0 Å². The lowest BCUT2D eigenvalue weighted by atomic mass is 9.84. The van der Waals surface area contributed by atoms with Crippen molar-refractivity contribution in [2.24, 2.45) is 0 Å². The number of hydrogen-bond acceptors (Lipinski definition) is 1. The smallest absolute Gasteiger partial charge is 0.314 e. The molecule has 0 spiro atoms. The van der Waals surface area contributed by atoms with Gasteiger partial charge in [0.05, 0.1) is 0 Å². The number of halogens is 2. The van der Waals surface area contributed by atoms with E-state index in [0.717, 1.165) is 6.07 Å². The van der Waals surface area contributed by atoms with E-state index in [9.17, 15) is 13.6 Å². The van der Waals surface area contributed by atoms with Crippen LogP contribution < -0.4 is 10.6 Å². The van der Waals surface area contributed by atoms with Crippen LogP contribution in [0.25, 0.3) is 0 Å². The molecule has 1 aromatic rings. The Kier molecular flexibility index (Phi) is 4.04. The fraction of sp³-hybridized carbons (Fsp3) is 0.417. The summed E-state index contributed by atoms with van der Waals surface area (Å²) in [6.45, 7) is 3.81. The number of urea groups is 1. The normalized spacial score (nSPS) is 11.1. The van der Waals surface area contributed by atoms with E-state index >= 15 is 0 Å². The van der Waals surface area contributed by atoms with Gasteiger partial charge in [-0.1, -0.05) is 19.9 Å². The summed E-state index contributed by atoms with van der Waals surface area (Å²) in [5, 5.41) is 5.01. The van der Waals surface area contributed by atoms with Crippen molar-refractivity contribution in [1.82, 2.24) is 10.6 Å². The average Bonchev–Trinajstić information content (AvgIpc) is 2.25. The summed E-state index contributed by atoms with van der Waals surface area (Å²) < 4.78 is 26.4. The second kappa shape index (κ2) is 5.12. The molecule has 0 radical (unpaired) electrons. The lowest BCUT2D eigenvalue weighted by molar-refractivity contribution is 0.240. The van der Waals surface area contributed by atoms with E-state index in [4.69, 9.17) is 0 Å². The molecule has 2 N–H and O–H groups in total. The van der Waals surface area contributed by atoms with E-state index in [1.165, 1.54) is 19.2 Å². The van der Waals surface area contributed by atoms with Gasteiger partial charge in [0, 0.05) is 25.1 Å². The Bertz CT molecular complexity index is 419. The summed E-state index contributed by atoms with van der Waals surface area (Å²) in [6, 6.07) is 3.12. The van der Waals surface area contributed by atoms with Gasteiger partial charge in [0.25, 0.3) is 0 Å². The van der Waals surface area contributed by atoms with Crippen molar-refractivity contribution in [3.8, 4) is 0 Å². The van der Waals surface area contributed by atoms with E-state index in [1.54, 1.807) is 13.8 Å². The minimum Gasteiger partial charge on any atom is -0.341 e. The molecule has 0 aromatic heterocycles. The molecule has 0 saturated heterocycles. The Morgan fingerprint density at radius 1 is 1.35 bits per heavy atom. The van der Waals surface area contributed by atoms with Crippen LogP contribution in [0.1, 0.15) is 19.4 Å². The van der Waals surface area contributed by atoms with Crippen LogP contribution in [0.2, 0.25) is 0 Å². The lowest BCUT2D eigenvalue weighted by Gasteiger charge is -2.26. The van der Waals surface area contributed by atoms with Gasteiger partial charge >= 0.3 is 6.03 Å². The van der Waals surface area contributed by atoms with Gasteiger partial charge in [0.1, 0.15) is 11.6 Å². The fourth-order valence-electron chi connectivity index (χ4n) is 1.52. The van der Waals surface area contributed by atoms with Gasteiger partial charge in [0.15, 0.2) is 0 Å². The molecule has 94 valence electrons. The molecular formula is C12H16F2N2O. The molecule has 1 rings (SSSR count). The van der Waals surface area contributed by atoms with Crippen LogP contribution in [0.4, 0.5) is 13.6 Å². The minimum absolute atomic E-state index is 0.259. The van der Waals surface area contributed by atoms with Gasteiger partial charge in [-0.3, -0.25) is 0 Å². The molecule has 0 saturated carbocycles. The predicted octanol–water partition coefficient (Wildman–Crippen LogP) is 2.17. The highest BCUT2D eigenvalue weighted by atomic mass is 19.1. The molecule has 0 fully saturated rings. The lowest BCUT2D eigenvalue weighted by Crippen LogP contribution is -2.41. The van der Waals surface area contributed by atoms with E-state index in [2.05, 4.69) is 10.6 Å². The van der Waals surface area contributed by atoms with Gasteiger partial charge in [-0.25, -0.2) is 13.6 Å². The molecule has 5 heteroatoms. The number of nitrogens with one attached hydrogen (secondary N) is 2. The zero-order valence-corrected chi connectivity index (χ0v) is 10.1. The van der Waals surface area contributed by atoms with E-state index in [-0.39, 0.29) is 12.6 Å². The van der Waals surface area contributed by atoms with E-state index in [0.29, 0.717) is 5.56 Å². The Labute approximate surface area is 99.2 Å². The van der Waals surface area contributed by atoms with Crippen molar-refractivity contribution in [3.05, 3.63) is 35.4 Å². The van der Waals surface area contributed by atoms with Crippen molar-refractivity contribution in [2.45, 2.75) is 19.3 Å². The fourth-order valence-corrected chi connectivity index (χ4v) is 1.52. The number of amides is 2. The van der Waals surface area contributed by atoms with E-state index in [1.807, 2.05) is 0 Å². The topological polar surface area (TPSA) is 41.1 Å². The molecule has 3 nitrogen and oxygen atoms in total. The highest BCUT2D eigenvalue weighted by Crippen LogP contribution is 2.25. The van der Waals surface area contributed by atoms with E-state index < -0.39 is 17.0 Å². The molecule has 0 aliphatic rings. The average molecular weight is 242 g/mol. The van der Waals surface area contributed by atoms with Crippen molar-refractivity contribution >= 4 is 6.03 Å². The molecule has 0 heterocycles. The largest absolute Gasteiger partial charge is 0.341 e. The Balaban J connectivity index is 2.85.